The van der Waals surface area contributed by atoms with Crippen LogP contribution in [0.1, 0.15) is 12.0 Å². The van der Waals surface area contributed by atoms with E-state index < -0.39 is 9.84 Å². The van der Waals surface area contributed by atoms with Crippen LogP contribution in [0.25, 0.3) is 0 Å². The highest BCUT2D eigenvalue weighted by atomic mass is 32.2. The molecule has 1 saturated heterocycles. The van der Waals surface area contributed by atoms with Gasteiger partial charge in [-0.15, -0.1) is 0 Å². The van der Waals surface area contributed by atoms with Crippen LogP contribution in [0.2, 0.25) is 0 Å². The molecule has 1 atom stereocenters. The molecule has 1 aliphatic rings. The summed E-state index contributed by atoms with van der Waals surface area (Å²) >= 11 is 0. The molecule has 0 radical (unpaired) electrons. The fraction of sp³-hybridized carbons (Fsp3) is 0.462. The molecule has 2 rings (SSSR count). The summed E-state index contributed by atoms with van der Waals surface area (Å²) in [5, 5.41) is 11.6. The zero-order valence-corrected chi connectivity index (χ0v) is 11.3. The molecule has 0 aliphatic carbocycles. The van der Waals surface area contributed by atoms with E-state index in [2.05, 4.69) is 5.32 Å². The molecule has 0 bridgehead atoms. The third-order valence-corrected chi connectivity index (χ3v) is 4.82. The SMILES string of the molecule is N#CCOc1ccc(CNC2CCS(=O)(=O)C2)cc1. The summed E-state index contributed by atoms with van der Waals surface area (Å²) in [5.74, 6) is 1.18. The van der Waals surface area contributed by atoms with E-state index in [4.69, 9.17) is 10.00 Å². The maximum Gasteiger partial charge on any atom is 0.174 e. The van der Waals surface area contributed by atoms with Crippen LogP contribution in [0.15, 0.2) is 24.3 Å². The topological polar surface area (TPSA) is 79.2 Å². The minimum atomic E-state index is -2.83. The maximum absolute atomic E-state index is 11.3. The summed E-state index contributed by atoms with van der Waals surface area (Å²) in [5.41, 5.74) is 1.06. The molecular weight excluding hydrogens is 264 g/mol. The predicted molar refractivity (Wildman–Crippen MR) is 71.4 cm³/mol. The largest absolute Gasteiger partial charge is 0.479 e. The van der Waals surface area contributed by atoms with E-state index in [0.29, 0.717) is 18.7 Å². The minimum absolute atomic E-state index is 0.0392. The smallest absolute Gasteiger partial charge is 0.174 e. The van der Waals surface area contributed by atoms with E-state index >= 15 is 0 Å². The van der Waals surface area contributed by atoms with Crippen molar-refractivity contribution < 1.29 is 13.2 Å². The van der Waals surface area contributed by atoms with Crippen molar-refractivity contribution in [1.82, 2.24) is 5.32 Å². The van der Waals surface area contributed by atoms with E-state index in [9.17, 15) is 8.42 Å². The molecular formula is C13H16N2O3S. The van der Waals surface area contributed by atoms with E-state index in [0.717, 1.165) is 5.56 Å². The van der Waals surface area contributed by atoms with Crippen LogP contribution in [-0.2, 0) is 16.4 Å². The third-order valence-electron chi connectivity index (χ3n) is 3.05. The summed E-state index contributed by atoms with van der Waals surface area (Å²) in [6, 6.07) is 9.39. The average molecular weight is 280 g/mol. The Kier molecular flexibility index (Phi) is 4.40. The van der Waals surface area contributed by atoms with Gasteiger partial charge >= 0.3 is 0 Å². The molecule has 1 N–H and O–H groups in total. The Morgan fingerprint density at radius 1 is 1.37 bits per heavy atom. The monoisotopic (exact) mass is 280 g/mol. The molecule has 19 heavy (non-hydrogen) atoms. The first-order valence-corrected chi connectivity index (χ1v) is 7.94. The summed E-state index contributed by atoms with van der Waals surface area (Å²) in [7, 11) is -2.83. The number of hydrogen-bond donors (Lipinski definition) is 1. The summed E-state index contributed by atoms with van der Waals surface area (Å²) in [6.45, 7) is 0.677. The Balaban J connectivity index is 1.82. The summed E-state index contributed by atoms with van der Waals surface area (Å²) in [6.07, 6.45) is 0.686. The molecule has 5 nitrogen and oxygen atoms in total. The lowest BCUT2D eigenvalue weighted by Crippen LogP contribution is -2.29. The molecule has 6 heteroatoms. The number of hydrogen-bond acceptors (Lipinski definition) is 5. The predicted octanol–water partition coefficient (Wildman–Crippen LogP) is 0.866. The number of nitrogens with one attached hydrogen (secondary N) is 1. The molecule has 0 aromatic heterocycles. The fourth-order valence-electron chi connectivity index (χ4n) is 2.04. The van der Waals surface area contributed by atoms with Crippen molar-refractivity contribution in [3.63, 3.8) is 0 Å². The second-order valence-electron chi connectivity index (χ2n) is 4.57. The van der Waals surface area contributed by atoms with Gasteiger partial charge in [0.1, 0.15) is 11.8 Å². The van der Waals surface area contributed by atoms with E-state index in [-0.39, 0.29) is 24.2 Å². The van der Waals surface area contributed by atoms with Gasteiger partial charge in [0.05, 0.1) is 11.5 Å². The number of benzene rings is 1. The summed E-state index contributed by atoms with van der Waals surface area (Å²) < 4.78 is 27.8. The van der Waals surface area contributed by atoms with Gasteiger partial charge in [-0.1, -0.05) is 12.1 Å². The standard InChI is InChI=1S/C13H16N2O3S/c14-6-7-18-13-3-1-11(2-4-13)9-15-12-5-8-19(16,17)10-12/h1-4,12,15H,5,7-10H2. The van der Waals surface area contributed by atoms with Crippen molar-refractivity contribution in [3.8, 4) is 11.8 Å². The molecule has 1 heterocycles. The first-order valence-electron chi connectivity index (χ1n) is 6.11. The van der Waals surface area contributed by atoms with Gasteiger partial charge in [-0.25, -0.2) is 8.42 Å². The number of ether oxygens (including phenoxy) is 1. The van der Waals surface area contributed by atoms with Gasteiger partial charge in [0.15, 0.2) is 16.4 Å². The van der Waals surface area contributed by atoms with Crippen LogP contribution < -0.4 is 10.1 Å². The Morgan fingerprint density at radius 2 is 2.11 bits per heavy atom. The van der Waals surface area contributed by atoms with Crippen LogP contribution >= 0.6 is 0 Å². The number of nitriles is 1. The molecule has 1 aromatic carbocycles. The zero-order valence-electron chi connectivity index (χ0n) is 10.5. The van der Waals surface area contributed by atoms with Crippen molar-refractivity contribution in [2.45, 2.75) is 19.0 Å². The van der Waals surface area contributed by atoms with Crippen molar-refractivity contribution in [2.75, 3.05) is 18.1 Å². The van der Waals surface area contributed by atoms with Crippen LogP contribution in [0.3, 0.4) is 0 Å². The van der Waals surface area contributed by atoms with Gasteiger partial charge < -0.3 is 10.1 Å². The minimum Gasteiger partial charge on any atom is -0.479 e. The Hall–Kier alpha value is -1.58. The average Bonchev–Trinajstić information content (AvgIpc) is 2.75. The highest BCUT2D eigenvalue weighted by Crippen LogP contribution is 2.14. The summed E-state index contributed by atoms with van der Waals surface area (Å²) in [4.78, 5) is 0. The first kappa shape index (κ1) is 13.8. The Bertz CT molecular complexity index is 561. The lowest BCUT2D eigenvalue weighted by atomic mass is 10.2. The molecule has 1 fully saturated rings. The second kappa shape index (κ2) is 6.04. The van der Waals surface area contributed by atoms with Crippen molar-refractivity contribution in [3.05, 3.63) is 29.8 Å². The van der Waals surface area contributed by atoms with Gasteiger partial charge in [-0.05, 0) is 24.1 Å². The first-order chi connectivity index (χ1) is 9.09. The molecule has 0 spiro atoms. The van der Waals surface area contributed by atoms with Gasteiger partial charge in [0, 0.05) is 12.6 Å². The van der Waals surface area contributed by atoms with E-state index in [1.807, 2.05) is 18.2 Å². The van der Waals surface area contributed by atoms with Gasteiger partial charge in [-0.2, -0.15) is 5.26 Å². The van der Waals surface area contributed by atoms with Crippen molar-refractivity contribution in [2.24, 2.45) is 0 Å². The molecule has 1 unspecified atom stereocenters. The molecule has 1 aliphatic heterocycles. The van der Waals surface area contributed by atoms with Gasteiger partial charge in [0.2, 0.25) is 0 Å². The highest BCUT2D eigenvalue weighted by Gasteiger charge is 2.27. The number of nitrogens with zero attached hydrogens (tertiary/aromatic N) is 1. The Morgan fingerprint density at radius 3 is 2.68 bits per heavy atom. The van der Waals surface area contributed by atoms with Crippen LogP contribution in [0.4, 0.5) is 0 Å². The third kappa shape index (κ3) is 4.23. The zero-order chi connectivity index (χ0) is 13.7. The lowest BCUT2D eigenvalue weighted by molar-refractivity contribution is 0.368. The molecule has 1 aromatic rings. The van der Waals surface area contributed by atoms with Crippen LogP contribution in [-0.4, -0.2) is 32.6 Å². The van der Waals surface area contributed by atoms with Crippen LogP contribution in [0.5, 0.6) is 5.75 Å². The van der Waals surface area contributed by atoms with Crippen molar-refractivity contribution >= 4 is 9.84 Å². The number of rotatable bonds is 5. The number of sulfone groups is 1. The quantitative estimate of drug-likeness (QED) is 0.865. The Labute approximate surface area is 113 Å². The normalized spacial score (nSPS) is 20.9. The van der Waals surface area contributed by atoms with Gasteiger partial charge in [-0.3, -0.25) is 0 Å². The molecule has 102 valence electrons. The maximum atomic E-state index is 11.3. The van der Waals surface area contributed by atoms with Crippen molar-refractivity contribution in [1.29, 1.82) is 5.26 Å². The second-order valence-corrected chi connectivity index (χ2v) is 6.80. The fourth-order valence-corrected chi connectivity index (χ4v) is 3.75. The van der Waals surface area contributed by atoms with Gasteiger partial charge in [0.25, 0.3) is 0 Å². The molecule has 0 amide bonds. The molecule has 0 saturated carbocycles. The van der Waals surface area contributed by atoms with E-state index in [1.165, 1.54) is 0 Å². The van der Waals surface area contributed by atoms with Crippen LogP contribution in [0, 0.1) is 11.3 Å². The van der Waals surface area contributed by atoms with E-state index in [1.54, 1.807) is 12.1 Å². The lowest BCUT2D eigenvalue weighted by Gasteiger charge is -2.11. The highest BCUT2D eigenvalue weighted by molar-refractivity contribution is 7.91.